The Morgan fingerprint density at radius 2 is 1.72 bits per heavy atom. The van der Waals surface area contributed by atoms with E-state index in [9.17, 15) is 26.4 Å². The third-order valence-electron chi connectivity index (χ3n) is 6.66. The molecule has 1 heterocycles. The summed E-state index contributed by atoms with van der Waals surface area (Å²) >= 11 is 0. The van der Waals surface area contributed by atoms with Gasteiger partial charge in [-0.3, -0.25) is 0 Å². The zero-order chi connectivity index (χ0) is 25.9. The van der Waals surface area contributed by atoms with Gasteiger partial charge in [0.15, 0.2) is 11.5 Å². The summed E-state index contributed by atoms with van der Waals surface area (Å²) in [6.07, 6.45) is 2.81. The van der Waals surface area contributed by atoms with Crippen molar-refractivity contribution < 1.29 is 40.6 Å². The molecule has 0 bridgehead atoms. The lowest BCUT2D eigenvalue weighted by Crippen LogP contribution is -2.39. The van der Waals surface area contributed by atoms with Crippen molar-refractivity contribution in [3.63, 3.8) is 0 Å². The van der Waals surface area contributed by atoms with Crippen LogP contribution in [0.25, 0.3) is 0 Å². The average Bonchev–Trinajstić information content (AvgIpc) is 3.53. The fraction of sp³-hybridized carbons (Fsp3) is 0.480. The van der Waals surface area contributed by atoms with E-state index in [1.54, 1.807) is 36.4 Å². The van der Waals surface area contributed by atoms with E-state index in [0.29, 0.717) is 22.6 Å². The number of likely N-dealkylation sites (tertiary alicyclic amines) is 1. The van der Waals surface area contributed by atoms with Crippen LogP contribution in [0.4, 0.5) is 18.0 Å². The lowest BCUT2D eigenvalue weighted by molar-refractivity contribution is -0.0445. The van der Waals surface area contributed by atoms with Gasteiger partial charge >= 0.3 is 11.6 Å². The van der Waals surface area contributed by atoms with Crippen LogP contribution in [0, 0.1) is 0 Å². The molecule has 0 N–H and O–H groups in total. The molecular weight excluding hydrogens is 499 g/mol. The second kappa shape index (κ2) is 10.6. The van der Waals surface area contributed by atoms with Crippen LogP contribution in [-0.4, -0.2) is 56.5 Å². The molecule has 2 unspecified atom stereocenters. The first-order valence-electron chi connectivity index (χ1n) is 11.7. The third-order valence-corrected chi connectivity index (χ3v) is 8.58. The Hall–Kier alpha value is -2.95. The number of ether oxygens (including phenoxy) is 3. The summed E-state index contributed by atoms with van der Waals surface area (Å²) < 4.78 is 82.4. The molecule has 2 atom stereocenters. The van der Waals surface area contributed by atoms with E-state index in [0.717, 1.165) is 30.6 Å². The minimum atomic E-state index is -5.58. The Morgan fingerprint density at radius 1 is 1.03 bits per heavy atom. The molecule has 7 nitrogen and oxygen atoms in total. The van der Waals surface area contributed by atoms with Gasteiger partial charge in [-0.1, -0.05) is 36.4 Å². The number of methoxy groups -OCH3 is 1. The first-order chi connectivity index (χ1) is 17.1. The molecule has 2 fully saturated rings. The summed E-state index contributed by atoms with van der Waals surface area (Å²) in [5, 5.41) is -1.88. The predicted molar refractivity (Wildman–Crippen MR) is 126 cm³/mol. The molecular formula is C25H28F3NO6S. The maximum absolute atomic E-state index is 13.6. The number of alkyl halides is 3. The Kier molecular flexibility index (Phi) is 7.67. The number of sulfone groups is 1. The van der Waals surface area contributed by atoms with Gasteiger partial charge < -0.3 is 19.1 Å². The fourth-order valence-corrected chi connectivity index (χ4v) is 6.14. The number of nitrogens with zero attached hydrogens (tertiary/aromatic N) is 1. The number of hydrogen-bond donors (Lipinski definition) is 0. The van der Waals surface area contributed by atoms with E-state index in [2.05, 4.69) is 0 Å². The van der Waals surface area contributed by atoms with Crippen molar-refractivity contribution in [2.75, 3.05) is 20.2 Å². The molecule has 1 aliphatic carbocycles. The molecule has 1 amide bonds. The monoisotopic (exact) mass is 527 g/mol. The molecule has 0 radical (unpaired) electrons. The van der Waals surface area contributed by atoms with Gasteiger partial charge in [-0.15, -0.1) is 0 Å². The normalized spacial score (nSPS) is 20.9. The van der Waals surface area contributed by atoms with Gasteiger partial charge in [0.25, 0.3) is 9.84 Å². The molecule has 0 aromatic heterocycles. The van der Waals surface area contributed by atoms with Crippen LogP contribution in [0.15, 0.2) is 48.5 Å². The highest BCUT2D eigenvalue weighted by Gasteiger charge is 2.56. The van der Waals surface area contributed by atoms with Crippen LogP contribution < -0.4 is 9.47 Å². The van der Waals surface area contributed by atoms with E-state index in [-0.39, 0.29) is 19.3 Å². The minimum Gasteiger partial charge on any atom is -0.493 e. The number of halogens is 3. The van der Waals surface area contributed by atoms with Crippen LogP contribution in [0.1, 0.15) is 42.7 Å². The molecule has 1 saturated carbocycles. The van der Waals surface area contributed by atoms with Crippen molar-refractivity contribution in [2.24, 2.45) is 0 Å². The van der Waals surface area contributed by atoms with Gasteiger partial charge in [0.2, 0.25) is 0 Å². The van der Waals surface area contributed by atoms with Crippen molar-refractivity contribution >= 4 is 15.9 Å². The highest BCUT2D eigenvalue weighted by Crippen LogP contribution is 2.42. The molecule has 11 heteroatoms. The lowest BCUT2D eigenvalue weighted by atomic mass is 9.97. The highest BCUT2D eigenvalue weighted by molar-refractivity contribution is 7.93. The fourth-order valence-electron chi connectivity index (χ4n) is 4.74. The van der Waals surface area contributed by atoms with Crippen LogP contribution in [0.2, 0.25) is 0 Å². The maximum Gasteiger partial charge on any atom is 0.497 e. The van der Waals surface area contributed by atoms with Crippen LogP contribution in [0.3, 0.4) is 0 Å². The summed E-state index contributed by atoms with van der Waals surface area (Å²) in [7, 11) is -4.13. The molecule has 0 spiro atoms. The molecule has 196 valence electrons. The number of hydrogen-bond acceptors (Lipinski definition) is 6. The second-order valence-corrected chi connectivity index (χ2v) is 11.2. The molecule has 36 heavy (non-hydrogen) atoms. The van der Waals surface area contributed by atoms with Gasteiger partial charge in [-0.25, -0.2) is 13.2 Å². The Balaban J connectivity index is 1.60. The topological polar surface area (TPSA) is 82.1 Å². The van der Waals surface area contributed by atoms with Crippen molar-refractivity contribution in [3.05, 3.63) is 59.7 Å². The molecule has 2 aromatic rings. The van der Waals surface area contributed by atoms with Gasteiger partial charge in [-0.05, 0) is 48.9 Å². The third kappa shape index (κ3) is 5.55. The molecule has 2 aromatic carbocycles. The Morgan fingerprint density at radius 3 is 2.36 bits per heavy atom. The van der Waals surface area contributed by atoms with Crippen LogP contribution in [0.5, 0.6) is 11.5 Å². The minimum absolute atomic E-state index is 0.0445. The lowest BCUT2D eigenvalue weighted by Gasteiger charge is -2.22. The SMILES string of the molecule is COc1ccc(C2CN(C(=O)OCc3ccccc3)CC2S(=O)(=O)C(F)(F)F)cc1OC1CCCC1. The zero-order valence-corrected chi connectivity index (χ0v) is 20.6. The number of rotatable bonds is 7. The first-order valence-corrected chi connectivity index (χ1v) is 13.2. The van der Waals surface area contributed by atoms with Crippen LogP contribution >= 0.6 is 0 Å². The predicted octanol–water partition coefficient (Wildman–Crippen LogP) is 5.06. The number of carbonyl (C=O) groups excluding carboxylic acids is 1. The first kappa shape index (κ1) is 26.1. The van der Waals surface area contributed by atoms with E-state index in [1.807, 2.05) is 0 Å². The number of carbonyl (C=O) groups is 1. The molecule has 4 rings (SSSR count). The smallest absolute Gasteiger partial charge is 0.493 e. The van der Waals surface area contributed by atoms with Crippen molar-refractivity contribution in [1.82, 2.24) is 4.90 Å². The summed E-state index contributed by atoms with van der Waals surface area (Å²) in [6.45, 7) is -0.965. The van der Waals surface area contributed by atoms with E-state index in [4.69, 9.17) is 14.2 Å². The van der Waals surface area contributed by atoms with Gasteiger partial charge in [0.1, 0.15) is 6.61 Å². The largest absolute Gasteiger partial charge is 0.497 e. The van der Waals surface area contributed by atoms with Gasteiger partial charge in [-0.2, -0.15) is 13.2 Å². The molecule has 1 saturated heterocycles. The van der Waals surface area contributed by atoms with Gasteiger partial charge in [0.05, 0.1) is 18.5 Å². The van der Waals surface area contributed by atoms with E-state index in [1.165, 1.54) is 19.2 Å². The Labute approximate surface area is 208 Å². The maximum atomic E-state index is 13.6. The number of benzene rings is 2. The van der Waals surface area contributed by atoms with Crippen LogP contribution in [-0.2, 0) is 21.2 Å². The van der Waals surface area contributed by atoms with E-state index >= 15 is 0 Å². The van der Waals surface area contributed by atoms with Crippen molar-refractivity contribution in [3.8, 4) is 11.5 Å². The summed E-state index contributed by atoms with van der Waals surface area (Å²) in [6, 6.07) is 13.4. The zero-order valence-electron chi connectivity index (χ0n) is 19.7. The van der Waals surface area contributed by atoms with Crippen molar-refractivity contribution in [2.45, 2.75) is 55.1 Å². The number of amides is 1. The van der Waals surface area contributed by atoms with E-state index < -0.39 is 39.2 Å². The summed E-state index contributed by atoms with van der Waals surface area (Å²) in [5.41, 5.74) is -4.44. The Bertz CT molecular complexity index is 1170. The van der Waals surface area contributed by atoms with Crippen molar-refractivity contribution in [1.29, 1.82) is 0 Å². The molecule has 1 aliphatic heterocycles. The standard InChI is InChI=1S/C25H28F3NO6S/c1-33-21-12-11-18(13-22(21)35-19-9-5-6-10-19)20-14-29(15-23(20)36(31,32)25(26,27)28)24(30)34-16-17-7-3-2-4-8-17/h2-4,7-8,11-13,19-20,23H,5-6,9-10,14-16H2,1H3. The van der Waals surface area contributed by atoms with Gasteiger partial charge in [0, 0.05) is 19.0 Å². The summed E-state index contributed by atoms with van der Waals surface area (Å²) in [4.78, 5) is 13.7. The quantitative estimate of drug-likeness (QED) is 0.501. The molecule has 2 aliphatic rings. The average molecular weight is 528 g/mol. The summed E-state index contributed by atoms with van der Waals surface area (Å²) in [5.74, 6) is -0.383. The second-order valence-electron chi connectivity index (χ2n) is 9.02. The highest BCUT2D eigenvalue weighted by atomic mass is 32.2.